The van der Waals surface area contributed by atoms with Crippen molar-refractivity contribution in [2.45, 2.75) is 31.1 Å². The van der Waals surface area contributed by atoms with Crippen LogP contribution >= 0.6 is 0 Å². The fourth-order valence-electron chi connectivity index (χ4n) is 3.71. The fourth-order valence-corrected chi connectivity index (χ4v) is 5.25. The van der Waals surface area contributed by atoms with Gasteiger partial charge in [-0.15, -0.1) is 0 Å². The molecule has 9 nitrogen and oxygen atoms in total. The van der Waals surface area contributed by atoms with Crippen molar-refractivity contribution in [1.82, 2.24) is 9.29 Å². The Kier molecular flexibility index (Phi) is 5.92. The van der Waals surface area contributed by atoms with Crippen molar-refractivity contribution in [2.24, 2.45) is 0 Å². The van der Waals surface area contributed by atoms with Gasteiger partial charge in [0, 0.05) is 18.8 Å². The van der Waals surface area contributed by atoms with Crippen LogP contribution in [0.4, 0.5) is 11.5 Å². The van der Waals surface area contributed by atoms with Gasteiger partial charge in [0.15, 0.2) is 6.61 Å². The van der Waals surface area contributed by atoms with Gasteiger partial charge in [-0.1, -0.05) is 12.5 Å². The summed E-state index contributed by atoms with van der Waals surface area (Å²) in [6.45, 7) is 2.26. The quantitative estimate of drug-likeness (QED) is 0.755. The van der Waals surface area contributed by atoms with Crippen molar-refractivity contribution < 1.29 is 22.7 Å². The number of nitrogens with zero attached hydrogens (tertiary/aromatic N) is 3. The Hall–Kier alpha value is -2.98. The Morgan fingerprint density at radius 2 is 1.94 bits per heavy atom. The van der Waals surface area contributed by atoms with E-state index in [0.29, 0.717) is 24.7 Å². The molecule has 3 heterocycles. The number of fused-ring (bicyclic) bond motifs is 1. The van der Waals surface area contributed by atoms with Crippen LogP contribution in [0.25, 0.3) is 0 Å². The average Bonchev–Trinajstić information content (AvgIpc) is 2.76. The number of rotatable bonds is 5. The highest BCUT2D eigenvalue weighted by atomic mass is 32.2. The van der Waals surface area contributed by atoms with Crippen molar-refractivity contribution in [2.75, 3.05) is 36.5 Å². The monoisotopic (exact) mass is 444 g/mol. The lowest BCUT2D eigenvalue weighted by molar-refractivity contribution is -0.123. The van der Waals surface area contributed by atoms with Crippen molar-refractivity contribution in [3.05, 3.63) is 42.1 Å². The summed E-state index contributed by atoms with van der Waals surface area (Å²) >= 11 is 0. The summed E-state index contributed by atoms with van der Waals surface area (Å²) in [5.41, 5.74) is 1.01. The molecule has 0 spiro atoms. The summed E-state index contributed by atoms with van der Waals surface area (Å²) in [4.78, 5) is 30.6. The molecule has 2 amide bonds. The maximum atomic E-state index is 13.1. The smallest absolute Gasteiger partial charge is 0.265 e. The van der Waals surface area contributed by atoms with Crippen LogP contribution in [0.3, 0.4) is 0 Å². The zero-order chi connectivity index (χ0) is 22.0. The average molecular weight is 445 g/mol. The zero-order valence-electron chi connectivity index (χ0n) is 17.2. The van der Waals surface area contributed by atoms with Gasteiger partial charge in [-0.3, -0.25) is 14.5 Å². The van der Waals surface area contributed by atoms with Crippen LogP contribution in [0.2, 0.25) is 0 Å². The Bertz CT molecular complexity index is 1110. The van der Waals surface area contributed by atoms with Crippen LogP contribution in [0.15, 0.2) is 41.3 Å². The normalized spacial score (nSPS) is 17.1. The molecule has 2 aromatic rings. The second-order valence-electron chi connectivity index (χ2n) is 7.58. The molecule has 1 aromatic heterocycles. The third-order valence-electron chi connectivity index (χ3n) is 5.28. The van der Waals surface area contributed by atoms with Gasteiger partial charge in [-0.2, -0.15) is 4.31 Å². The molecule has 31 heavy (non-hydrogen) atoms. The first-order valence-electron chi connectivity index (χ1n) is 10.2. The number of benzene rings is 1. The number of hydrogen-bond donors (Lipinski definition) is 1. The molecule has 0 bridgehead atoms. The van der Waals surface area contributed by atoms with Gasteiger partial charge >= 0.3 is 0 Å². The van der Waals surface area contributed by atoms with Crippen molar-refractivity contribution in [1.29, 1.82) is 0 Å². The fraction of sp³-hybridized carbons (Fsp3) is 0.381. The number of piperidine rings is 1. The minimum absolute atomic E-state index is 0.0807. The number of hydrogen-bond acceptors (Lipinski definition) is 6. The van der Waals surface area contributed by atoms with Crippen molar-refractivity contribution in [3.63, 3.8) is 0 Å². The van der Waals surface area contributed by atoms with Crippen LogP contribution in [-0.4, -0.2) is 55.8 Å². The van der Waals surface area contributed by atoms with Gasteiger partial charge in [-0.25, -0.2) is 13.4 Å². The van der Waals surface area contributed by atoms with E-state index in [-0.39, 0.29) is 23.7 Å². The lowest BCUT2D eigenvalue weighted by atomic mass is 10.2. The molecule has 1 fully saturated rings. The molecule has 0 aliphatic carbocycles. The summed E-state index contributed by atoms with van der Waals surface area (Å²) in [6.07, 6.45) is 2.66. The van der Waals surface area contributed by atoms with E-state index in [1.54, 1.807) is 12.1 Å². The molecule has 1 aromatic carbocycles. The molecule has 2 aliphatic heterocycles. The predicted octanol–water partition coefficient (Wildman–Crippen LogP) is 1.93. The molecule has 0 saturated carbocycles. The number of anilines is 2. The maximum absolute atomic E-state index is 13.1. The van der Waals surface area contributed by atoms with Crippen LogP contribution in [0.1, 0.15) is 25.0 Å². The summed E-state index contributed by atoms with van der Waals surface area (Å²) in [5.74, 6) is -0.123. The highest BCUT2D eigenvalue weighted by molar-refractivity contribution is 7.89. The van der Waals surface area contributed by atoms with Gasteiger partial charge < -0.3 is 10.1 Å². The summed E-state index contributed by atoms with van der Waals surface area (Å²) in [6, 6.07) is 9.66. The number of carbonyl (C=O) groups excluding carboxylic acids is 2. The molecule has 1 saturated heterocycles. The van der Waals surface area contributed by atoms with Crippen LogP contribution in [0, 0.1) is 6.92 Å². The van der Waals surface area contributed by atoms with Crippen LogP contribution in [0.5, 0.6) is 5.75 Å². The first-order valence-corrected chi connectivity index (χ1v) is 11.6. The van der Waals surface area contributed by atoms with Gasteiger partial charge in [0.2, 0.25) is 15.9 Å². The van der Waals surface area contributed by atoms with Gasteiger partial charge in [0.05, 0.1) is 10.6 Å². The van der Waals surface area contributed by atoms with E-state index in [9.17, 15) is 18.0 Å². The van der Waals surface area contributed by atoms with E-state index < -0.39 is 21.8 Å². The van der Waals surface area contributed by atoms with Crippen LogP contribution in [-0.2, 0) is 19.6 Å². The van der Waals surface area contributed by atoms with E-state index in [0.717, 1.165) is 25.0 Å². The number of ether oxygens (including phenoxy) is 1. The van der Waals surface area contributed by atoms with E-state index in [4.69, 9.17) is 4.74 Å². The molecule has 4 rings (SSSR count). The molecule has 1 N–H and O–H groups in total. The molecule has 0 atom stereocenters. The van der Waals surface area contributed by atoms with E-state index >= 15 is 0 Å². The Labute approximate surface area is 181 Å². The summed E-state index contributed by atoms with van der Waals surface area (Å²) in [7, 11) is -3.69. The molecule has 10 heteroatoms. The van der Waals surface area contributed by atoms with Crippen LogP contribution < -0.4 is 15.0 Å². The lowest BCUT2D eigenvalue weighted by Gasteiger charge is -2.30. The third kappa shape index (κ3) is 4.54. The molecule has 0 radical (unpaired) electrons. The number of aryl methyl sites for hydroxylation is 1. The van der Waals surface area contributed by atoms with Crippen molar-refractivity contribution in [3.8, 4) is 5.75 Å². The minimum atomic E-state index is -3.69. The lowest BCUT2D eigenvalue weighted by Crippen LogP contribution is -2.43. The third-order valence-corrected chi connectivity index (χ3v) is 7.18. The Morgan fingerprint density at radius 1 is 1.16 bits per heavy atom. The molecular weight excluding hydrogens is 420 g/mol. The van der Waals surface area contributed by atoms with Crippen molar-refractivity contribution >= 4 is 33.3 Å². The number of sulfonamides is 1. The largest absolute Gasteiger partial charge is 0.482 e. The number of nitrogens with one attached hydrogen (secondary N) is 1. The Morgan fingerprint density at radius 3 is 2.68 bits per heavy atom. The van der Waals surface area contributed by atoms with Gasteiger partial charge in [-0.05, 0) is 50.1 Å². The van der Waals surface area contributed by atoms with Gasteiger partial charge in [0.1, 0.15) is 18.1 Å². The predicted molar refractivity (Wildman–Crippen MR) is 115 cm³/mol. The SMILES string of the molecule is Cc1cccc(NC(=O)CN2C(=O)COc3ccc(S(=O)(=O)N4CCCCC4)cc32)n1. The van der Waals surface area contributed by atoms with E-state index in [1.807, 2.05) is 13.0 Å². The second kappa shape index (κ2) is 8.64. The summed E-state index contributed by atoms with van der Waals surface area (Å²) in [5, 5.41) is 2.67. The van der Waals surface area contributed by atoms with E-state index in [2.05, 4.69) is 10.3 Å². The second-order valence-corrected chi connectivity index (χ2v) is 9.51. The first kappa shape index (κ1) is 21.3. The molecule has 2 aliphatic rings. The van der Waals surface area contributed by atoms with E-state index in [1.165, 1.54) is 27.4 Å². The number of pyridine rings is 1. The number of aromatic nitrogens is 1. The van der Waals surface area contributed by atoms with Gasteiger partial charge in [0.25, 0.3) is 5.91 Å². The minimum Gasteiger partial charge on any atom is -0.482 e. The Balaban J connectivity index is 1.59. The number of amides is 2. The topological polar surface area (TPSA) is 109 Å². The highest BCUT2D eigenvalue weighted by Crippen LogP contribution is 2.35. The standard InChI is InChI=1S/C21H24N4O5S/c1-15-6-5-7-19(22-15)23-20(26)13-25-17-12-16(8-9-18(17)30-14-21(25)27)31(28,29)24-10-3-2-4-11-24/h5-9,12H,2-4,10-11,13-14H2,1H3,(H,22,23,26). The highest BCUT2D eigenvalue weighted by Gasteiger charge is 2.31. The zero-order valence-corrected chi connectivity index (χ0v) is 18.0. The first-order chi connectivity index (χ1) is 14.8. The molecular formula is C21H24N4O5S. The molecule has 0 unspecified atom stereocenters. The summed E-state index contributed by atoms with van der Waals surface area (Å²) < 4.78 is 33.0. The maximum Gasteiger partial charge on any atom is 0.265 e. The number of carbonyl (C=O) groups is 2. The molecule has 164 valence electrons.